The van der Waals surface area contributed by atoms with E-state index in [0.717, 1.165) is 38.8 Å². The molecule has 1 fully saturated rings. The van der Waals surface area contributed by atoms with Crippen molar-refractivity contribution in [3.8, 4) is 5.75 Å². The molecule has 1 atom stereocenters. The molecule has 0 bridgehead atoms. The van der Waals surface area contributed by atoms with E-state index in [9.17, 15) is 4.79 Å². The van der Waals surface area contributed by atoms with E-state index in [1.165, 1.54) is 0 Å². The lowest BCUT2D eigenvalue weighted by Crippen LogP contribution is -2.48. The number of halogens is 1. The number of carbonyl (C=O) groups excluding carboxylic acids is 1. The minimum absolute atomic E-state index is 0.0479. The van der Waals surface area contributed by atoms with E-state index in [2.05, 4.69) is 17.6 Å². The van der Waals surface area contributed by atoms with E-state index in [0.29, 0.717) is 16.5 Å². The van der Waals surface area contributed by atoms with Crippen molar-refractivity contribution < 1.29 is 9.53 Å². The molecule has 0 radical (unpaired) electrons. The average Bonchev–Trinajstić information content (AvgIpc) is 2.50. The van der Waals surface area contributed by atoms with Gasteiger partial charge >= 0.3 is 0 Å². The van der Waals surface area contributed by atoms with Crippen LogP contribution in [0.3, 0.4) is 0 Å². The number of hydrogen-bond donors (Lipinski definition) is 2. The number of methoxy groups -OCH3 is 1. The summed E-state index contributed by atoms with van der Waals surface area (Å²) in [6.45, 7) is 3.83. The van der Waals surface area contributed by atoms with Crippen LogP contribution in [0.1, 0.15) is 32.6 Å². The van der Waals surface area contributed by atoms with Crippen LogP contribution in [0.25, 0.3) is 0 Å². The molecule has 0 spiro atoms. The average molecular weight is 311 g/mol. The molecule has 2 N–H and O–H groups in total. The quantitative estimate of drug-likeness (QED) is 0.875. The molecule has 5 heteroatoms. The van der Waals surface area contributed by atoms with Crippen LogP contribution in [0.15, 0.2) is 18.2 Å². The SMILES string of the molecule is CCCC1(C(=O)Nc2cc(OC)ccc2Cl)CCCNC1. The van der Waals surface area contributed by atoms with Crippen LogP contribution in [0.4, 0.5) is 5.69 Å². The molecule has 21 heavy (non-hydrogen) atoms. The predicted molar refractivity (Wildman–Crippen MR) is 86.1 cm³/mol. The summed E-state index contributed by atoms with van der Waals surface area (Å²) in [5, 5.41) is 6.86. The van der Waals surface area contributed by atoms with Crippen molar-refractivity contribution >= 4 is 23.2 Å². The summed E-state index contributed by atoms with van der Waals surface area (Å²) in [6, 6.07) is 5.28. The van der Waals surface area contributed by atoms with Gasteiger partial charge in [-0.25, -0.2) is 0 Å². The number of hydrogen-bond acceptors (Lipinski definition) is 3. The molecule has 0 aliphatic carbocycles. The summed E-state index contributed by atoms with van der Waals surface area (Å²) < 4.78 is 5.19. The van der Waals surface area contributed by atoms with Crippen molar-refractivity contribution in [3.63, 3.8) is 0 Å². The number of piperidine rings is 1. The molecule has 2 rings (SSSR count). The van der Waals surface area contributed by atoms with Crippen molar-refractivity contribution in [1.82, 2.24) is 5.32 Å². The predicted octanol–water partition coefficient (Wildman–Crippen LogP) is 3.46. The van der Waals surface area contributed by atoms with Crippen molar-refractivity contribution in [2.24, 2.45) is 5.41 Å². The third-order valence-electron chi connectivity index (χ3n) is 4.10. The van der Waals surface area contributed by atoms with E-state index >= 15 is 0 Å². The minimum atomic E-state index is -0.334. The zero-order chi connectivity index (χ0) is 15.3. The molecule has 1 aromatic carbocycles. The van der Waals surface area contributed by atoms with Gasteiger partial charge in [0.05, 0.1) is 23.2 Å². The molecule has 1 saturated heterocycles. The van der Waals surface area contributed by atoms with E-state index in [1.54, 1.807) is 25.3 Å². The summed E-state index contributed by atoms with van der Waals surface area (Å²) in [5.74, 6) is 0.729. The van der Waals surface area contributed by atoms with Crippen molar-refractivity contribution in [3.05, 3.63) is 23.2 Å². The number of anilines is 1. The Bertz CT molecular complexity index is 494. The highest BCUT2D eigenvalue weighted by atomic mass is 35.5. The van der Waals surface area contributed by atoms with Gasteiger partial charge in [0.1, 0.15) is 5.75 Å². The molecule has 0 aromatic heterocycles. The highest BCUT2D eigenvalue weighted by molar-refractivity contribution is 6.33. The summed E-state index contributed by atoms with van der Waals surface area (Å²) in [5.41, 5.74) is 0.279. The van der Waals surface area contributed by atoms with Gasteiger partial charge in [-0.15, -0.1) is 0 Å². The first-order valence-electron chi connectivity index (χ1n) is 7.47. The Labute approximate surface area is 131 Å². The number of carbonyl (C=O) groups is 1. The van der Waals surface area contributed by atoms with Crippen molar-refractivity contribution in [2.75, 3.05) is 25.5 Å². The molecule has 1 unspecified atom stereocenters. The summed E-state index contributed by atoms with van der Waals surface area (Å²) in [7, 11) is 1.60. The number of rotatable bonds is 5. The maximum atomic E-state index is 12.8. The normalized spacial score (nSPS) is 21.9. The Kier molecular flexibility index (Phi) is 5.48. The van der Waals surface area contributed by atoms with Crippen LogP contribution >= 0.6 is 11.6 Å². The smallest absolute Gasteiger partial charge is 0.231 e. The van der Waals surface area contributed by atoms with Gasteiger partial charge in [0.25, 0.3) is 0 Å². The molecular weight excluding hydrogens is 288 g/mol. The van der Waals surface area contributed by atoms with Gasteiger partial charge in [-0.1, -0.05) is 24.9 Å². The highest BCUT2D eigenvalue weighted by Gasteiger charge is 2.38. The van der Waals surface area contributed by atoms with Crippen LogP contribution in [-0.2, 0) is 4.79 Å². The summed E-state index contributed by atoms with van der Waals surface area (Å²) in [6.07, 6.45) is 3.81. The van der Waals surface area contributed by atoms with Crippen molar-refractivity contribution in [1.29, 1.82) is 0 Å². The molecular formula is C16H23ClN2O2. The van der Waals surface area contributed by atoms with Crippen LogP contribution in [0, 0.1) is 5.41 Å². The zero-order valence-corrected chi connectivity index (χ0v) is 13.4. The minimum Gasteiger partial charge on any atom is -0.497 e. The van der Waals surface area contributed by atoms with Gasteiger partial charge in [-0.3, -0.25) is 4.79 Å². The number of amides is 1. The molecule has 0 saturated carbocycles. The third-order valence-corrected chi connectivity index (χ3v) is 4.43. The second-order valence-electron chi connectivity index (χ2n) is 5.61. The molecule has 1 heterocycles. The van der Waals surface area contributed by atoms with Gasteiger partial charge in [0, 0.05) is 12.6 Å². The summed E-state index contributed by atoms with van der Waals surface area (Å²) >= 11 is 6.17. The monoisotopic (exact) mass is 310 g/mol. The zero-order valence-electron chi connectivity index (χ0n) is 12.7. The third kappa shape index (κ3) is 3.69. The molecule has 1 aliphatic heterocycles. The summed E-state index contributed by atoms with van der Waals surface area (Å²) in [4.78, 5) is 12.8. The fourth-order valence-electron chi connectivity index (χ4n) is 2.95. The second-order valence-corrected chi connectivity index (χ2v) is 6.02. The lowest BCUT2D eigenvalue weighted by molar-refractivity contribution is -0.127. The molecule has 1 amide bonds. The number of nitrogens with one attached hydrogen (secondary N) is 2. The number of ether oxygens (including phenoxy) is 1. The van der Waals surface area contributed by atoms with Crippen molar-refractivity contribution in [2.45, 2.75) is 32.6 Å². The molecule has 116 valence electrons. The van der Waals surface area contributed by atoms with Gasteiger partial charge < -0.3 is 15.4 Å². The maximum absolute atomic E-state index is 12.8. The van der Waals surface area contributed by atoms with E-state index in [4.69, 9.17) is 16.3 Å². The van der Waals surface area contributed by atoms with E-state index < -0.39 is 0 Å². The van der Waals surface area contributed by atoms with E-state index in [-0.39, 0.29) is 11.3 Å². The topological polar surface area (TPSA) is 50.4 Å². The van der Waals surface area contributed by atoms with Gasteiger partial charge in [-0.2, -0.15) is 0 Å². The van der Waals surface area contributed by atoms with Gasteiger partial charge in [0.2, 0.25) is 5.91 Å². The van der Waals surface area contributed by atoms with Crippen LogP contribution < -0.4 is 15.4 Å². The Balaban J connectivity index is 2.18. The standard InChI is InChI=1S/C16H23ClN2O2/c1-3-7-16(8-4-9-18-11-16)15(20)19-14-10-12(21-2)5-6-13(14)17/h5-6,10,18H,3-4,7-9,11H2,1-2H3,(H,19,20). The first kappa shape index (κ1) is 16.1. The molecule has 4 nitrogen and oxygen atoms in total. The lowest BCUT2D eigenvalue weighted by Gasteiger charge is -2.36. The Morgan fingerprint density at radius 1 is 1.52 bits per heavy atom. The maximum Gasteiger partial charge on any atom is 0.231 e. The largest absolute Gasteiger partial charge is 0.497 e. The first-order chi connectivity index (χ1) is 10.1. The fourth-order valence-corrected chi connectivity index (χ4v) is 3.11. The fraction of sp³-hybridized carbons (Fsp3) is 0.562. The Morgan fingerprint density at radius 3 is 2.95 bits per heavy atom. The second kappa shape index (κ2) is 7.14. The van der Waals surface area contributed by atoms with Crippen LogP contribution in [-0.4, -0.2) is 26.1 Å². The van der Waals surface area contributed by atoms with Crippen LogP contribution in [0.2, 0.25) is 5.02 Å². The Hall–Kier alpha value is -1.26. The number of benzene rings is 1. The lowest BCUT2D eigenvalue weighted by atomic mass is 9.76. The van der Waals surface area contributed by atoms with E-state index in [1.807, 2.05) is 0 Å². The van der Waals surface area contributed by atoms with Gasteiger partial charge in [-0.05, 0) is 37.9 Å². The Morgan fingerprint density at radius 2 is 2.33 bits per heavy atom. The molecule has 1 aromatic rings. The molecule has 1 aliphatic rings. The van der Waals surface area contributed by atoms with Crippen LogP contribution in [0.5, 0.6) is 5.75 Å². The first-order valence-corrected chi connectivity index (χ1v) is 7.85. The van der Waals surface area contributed by atoms with Gasteiger partial charge in [0.15, 0.2) is 0 Å². The highest BCUT2D eigenvalue weighted by Crippen LogP contribution is 2.35.